The Kier molecular flexibility index (Phi) is 13.5. The van der Waals surface area contributed by atoms with Crippen molar-refractivity contribution in [2.75, 3.05) is 82.0 Å². The number of anilines is 1. The Morgan fingerprint density at radius 2 is 1.46 bits per heavy atom. The molecule has 2 rings (SSSR count). The normalized spacial score (nSPS) is 14.9. The SMILES string of the molecule is C#Cc1cc([N+](=O)[O-])cc(S(=O)(=O)CN2CCNCC2)c1N(CCOS(C)(=O)=O)CCOS(C)(=O)=O.CS(=O)(=O)O. The summed E-state index contributed by atoms with van der Waals surface area (Å²) >= 11 is 0. The maximum absolute atomic E-state index is 13.5. The summed E-state index contributed by atoms with van der Waals surface area (Å²) in [5.74, 6) is 1.80. The lowest BCUT2D eigenvalue weighted by atomic mass is 10.1. The van der Waals surface area contributed by atoms with Crippen LogP contribution in [0.5, 0.6) is 0 Å². The van der Waals surface area contributed by atoms with Gasteiger partial charge in [0.25, 0.3) is 36.0 Å². The molecule has 1 heterocycles. The Morgan fingerprint density at radius 1 is 1.00 bits per heavy atom. The van der Waals surface area contributed by atoms with Crippen molar-refractivity contribution in [2.24, 2.45) is 0 Å². The largest absolute Gasteiger partial charge is 0.365 e. The molecule has 0 bridgehead atoms. The fraction of sp³-hybridized carbons (Fsp3) is 0.600. The fourth-order valence-corrected chi connectivity index (χ4v) is 5.92. The van der Waals surface area contributed by atoms with E-state index in [2.05, 4.69) is 11.2 Å². The number of piperazine rings is 1. The molecule has 0 unspecified atom stereocenters. The molecular formula is C20H32N4O13S4. The second-order valence-electron chi connectivity index (χ2n) is 8.63. The van der Waals surface area contributed by atoms with Gasteiger partial charge in [-0.2, -0.15) is 25.3 Å². The van der Waals surface area contributed by atoms with Gasteiger partial charge in [-0.05, 0) is 0 Å². The quantitative estimate of drug-likeness (QED) is 0.0800. The van der Waals surface area contributed by atoms with Gasteiger partial charge >= 0.3 is 0 Å². The number of hydrogen-bond acceptors (Lipinski definition) is 15. The number of hydrogen-bond donors (Lipinski definition) is 2. The van der Waals surface area contributed by atoms with Gasteiger partial charge in [0.05, 0.1) is 53.1 Å². The molecule has 1 aromatic rings. The van der Waals surface area contributed by atoms with Crippen molar-refractivity contribution in [3.05, 3.63) is 27.8 Å². The highest BCUT2D eigenvalue weighted by molar-refractivity contribution is 7.91. The van der Waals surface area contributed by atoms with Gasteiger partial charge in [-0.15, -0.1) is 6.42 Å². The lowest BCUT2D eigenvalue weighted by molar-refractivity contribution is -0.385. The number of nitro benzene ring substituents is 1. The molecule has 1 aromatic carbocycles. The van der Waals surface area contributed by atoms with Gasteiger partial charge in [0.2, 0.25) is 0 Å². The first-order valence-corrected chi connectivity index (χ1v) is 18.6. The standard InChI is InChI=1S/C19H28N4O10S3.CH4O3S/c1-4-16-13-17(23(24)25)14-18(36(30,31)15-21-7-5-20-6-8-21)19(16)22(9-11-32-34(2,26)27)10-12-33-35(3,28)29;1-5(2,3)4/h1,13-14,20H,5-12,15H2,2-3H3;1H3,(H,2,3,4). The molecule has 41 heavy (non-hydrogen) atoms. The molecule has 234 valence electrons. The molecule has 0 aliphatic carbocycles. The Hall–Kier alpha value is -2.42. The second-order valence-corrected chi connectivity index (χ2v) is 15.3. The van der Waals surface area contributed by atoms with Gasteiger partial charge in [-0.25, -0.2) is 8.42 Å². The molecule has 1 fully saturated rings. The minimum absolute atomic E-state index is 0.118. The number of terminal acetylenes is 1. The minimum atomic E-state index is -4.19. The molecule has 0 amide bonds. The zero-order valence-electron chi connectivity index (χ0n) is 22.4. The Bertz CT molecular complexity index is 1500. The Morgan fingerprint density at radius 3 is 1.85 bits per heavy atom. The zero-order chi connectivity index (χ0) is 31.6. The lowest BCUT2D eigenvalue weighted by Gasteiger charge is -2.30. The van der Waals surface area contributed by atoms with Crippen molar-refractivity contribution in [1.29, 1.82) is 0 Å². The number of benzene rings is 1. The molecule has 1 aliphatic heterocycles. The van der Waals surface area contributed by atoms with E-state index < -0.39 is 74.8 Å². The molecule has 0 spiro atoms. The molecule has 21 heteroatoms. The summed E-state index contributed by atoms with van der Waals surface area (Å²) in [5.41, 5.74) is -0.820. The van der Waals surface area contributed by atoms with Crippen LogP contribution in [0.1, 0.15) is 5.56 Å². The second kappa shape index (κ2) is 15.2. The van der Waals surface area contributed by atoms with Crippen LogP contribution in [0.3, 0.4) is 0 Å². The third kappa shape index (κ3) is 14.9. The van der Waals surface area contributed by atoms with E-state index in [1.54, 1.807) is 4.90 Å². The van der Waals surface area contributed by atoms with Crippen molar-refractivity contribution in [1.82, 2.24) is 10.2 Å². The van der Waals surface area contributed by atoms with Crippen LogP contribution in [0.25, 0.3) is 0 Å². The summed E-state index contributed by atoms with van der Waals surface area (Å²) in [6.07, 6.45) is 7.95. The average Bonchev–Trinajstić information content (AvgIpc) is 2.80. The monoisotopic (exact) mass is 664 g/mol. The summed E-state index contributed by atoms with van der Waals surface area (Å²) in [7, 11) is -15.6. The van der Waals surface area contributed by atoms with E-state index in [0.717, 1.165) is 24.6 Å². The predicted molar refractivity (Wildman–Crippen MR) is 149 cm³/mol. The van der Waals surface area contributed by atoms with E-state index in [1.165, 1.54) is 4.90 Å². The first-order chi connectivity index (χ1) is 18.6. The van der Waals surface area contributed by atoms with Crippen molar-refractivity contribution in [3.8, 4) is 12.3 Å². The van der Waals surface area contributed by atoms with Crippen LogP contribution >= 0.6 is 0 Å². The highest BCUT2D eigenvalue weighted by Gasteiger charge is 2.30. The van der Waals surface area contributed by atoms with E-state index in [-0.39, 0.29) is 24.3 Å². The number of non-ortho nitro benzene ring substituents is 1. The number of nitrogens with one attached hydrogen (secondary N) is 1. The Labute approximate surface area is 239 Å². The summed E-state index contributed by atoms with van der Waals surface area (Å²) < 4.78 is 108. The molecular weight excluding hydrogens is 633 g/mol. The first kappa shape index (κ1) is 36.6. The predicted octanol–water partition coefficient (Wildman–Crippen LogP) is -1.52. The summed E-state index contributed by atoms with van der Waals surface area (Å²) in [6.45, 7) is 0.617. The maximum Gasteiger partial charge on any atom is 0.272 e. The van der Waals surface area contributed by atoms with Crippen molar-refractivity contribution >= 4 is 51.6 Å². The van der Waals surface area contributed by atoms with Crippen LogP contribution < -0.4 is 10.2 Å². The van der Waals surface area contributed by atoms with Gasteiger partial charge in [-0.3, -0.25) is 27.9 Å². The minimum Gasteiger partial charge on any atom is -0.365 e. The number of nitro groups is 1. The Balaban J connectivity index is 0.00000154. The highest BCUT2D eigenvalue weighted by atomic mass is 32.2. The number of rotatable bonds is 13. The molecule has 1 saturated heterocycles. The zero-order valence-corrected chi connectivity index (χ0v) is 25.7. The molecule has 17 nitrogen and oxygen atoms in total. The van der Waals surface area contributed by atoms with Crippen LogP contribution in [0, 0.1) is 22.5 Å². The van der Waals surface area contributed by atoms with Gasteiger partial charge < -0.3 is 10.2 Å². The van der Waals surface area contributed by atoms with Crippen molar-refractivity contribution in [2.45, 2.75) is 4.90 Å². The van der Waals surface area contributed by atoms with Gasteiger partial charge in [0.1, 0.15) is 5.88 Å². The first-order valence-electron chi connectivity index (χ1n) is 11.4. The fourth-order valence-electron chi connectivity index (χ4n) is 3.46. The highest BCUT2D eigenvalue weighted by Crippen LogP contribution is 2.34. The van der Waals surface area contributed by atoms with Gasteiger partial charge in [0, 0.05) is 51.4 Å². The van der Waals surface area contributed by atoms with Crippen LogP contribution in [-0.4, -0.2) is 125 Å². The van der Waals surface area contributed by atoms with Crippen molar-refractivity contribution in [3.63, 3.8) is 0 Å². The molecule has 0 atom stereocenters. The summed E-state index contributed by atoms with van der Waals surface area (Å²) in [5, 5.41) is 14.6. The lowest BCUT2D eigenvalue weighted by Crippen LogP contribution is -2.45. The topological polar surface area (TPSA) is 237 Å². The van der Waals surface area contributed by atoms with Gasteiger partial charge in [0.15, 0.2) is 9.84 Å². The number of nitrogens with zero attached hydrogens (tertiary/aromatic N) is 3. The smallest absolute Gasteiger partial charge is 0.272 e. The van der Waals surface area contributed by atoms with E-state index in [9.17, 15) is 43.8 Å². The van der Waals surface area contributed by atoms with Crippen LogP contribution in [0.15, 0.2) is 17.0 Å². The summed E-state index contributed by atoms with van der Waals surface area (Å²) in [6, 6.07) is 1.90. The van der Waals surface area contributed by atoms with E-state index in [4.69, 9.17) is 19.3 Å². The molecule has 0 saturated carbocycles. The summed E-state index contributed by atoms with van der Waals surface area (Å²) in [4.78, 5) is 13.2. The van der Waals surface area contributed by atoms with Crippen LogP contribution in [0.2, 0.25) is 0 Å². The van der Waals surface area contributed by atoms with E-state index >= 15 is 0 Å². The van der Waals surface area contributed by atoms with Gasteiger partial charge in [-0.1, -0.05) is 5.92 Å². The molecule has 0 radical (unpaired) electrons. The molecule has 0 aromatic heterocycles. The average molecular weight is 665 g/mol. The van der Waals surface area contributed by atoms with Crippen LogP contribution in [-0.2, 0) is 48.6 Å². The third-order valence-electron chi connectivity index (χ3n) is 4.96. The molecule has 1 aliphatic rings. The van der Waals surface area contributed by atoms with E-state index in [1.807, 2.05) is 0 Å². The number of sulfone groups is 1. The third-order valence-corrected chi connectivity index (χ3v) is 7.83. The van der Waals surface area contributed by atoms with E-state index in [0.29, 0.717) is 32.4 Å². The van der Waals surface area contributed by atoms with Crippen LogP contribution in [0.4, 0.5) is 11.4 Å². The van der Waals surface area contributed by atoms with Crippen molar-refractivity contribution < 1.29 is 51.5 Å². The maximum atomic E-state index is 13.5. The molecule has 2 N–H and O–H groups in total.